The smallest absolute Gasteiger partial charge is 0.234 e. The second kappa shape index (κ2) is 8.47. The number of anilines is 1. The fourth-order valence-corrected chi connectivity index (χ4v) is 4.18. The highest BCUT2D eigenvalue weighted by molar-refractivity contribution is 7.99. The lowest BCUT2D eigenvalue weighted by Gasteiger charge is -2.11. The minimum atomic E-state index is -0.254. The number of benzene rings is 2. The molecule has 0 fully saturated rings. The van der Waals surface area contributed by atoms with Gasteiger partial charge >= 0.3 is 0 Å². The van der Waals surface area contributed by atoms with Crippen LogP contribution in [-0.2, 0) is 10.5 Å². The number of amides is 1. The van der Waals surface area contributed by atoms with Gasteiger partial charge in [-0.15, -0.1) is 23.1 Å². The largest absolute Gasteiger partial charge is 0.325 e. The van der Waals surface area contributed by atoms with Gasteiger partial charge in [0.1, 0.15) is 10.8 Å². The fourth-order valence-electron chi connectivity index (χ4n) is 2.53. The molecule has 0 aliphatic carbocycles. The molecule has 0 atom stereocenters. The number of carbonyl (C=O) groups is 1. The van der Waals surface area contributed by atoms with E-state index < -0.39 is 0 Å². The number of thiazole rings is 1. The standard InChI is InChI=1S/C20H19FN2OS2/c1-13-4-3-5-14(2)19(13)23-18(24)12-25-10-17-11-26-20(22-17)15-6-8-16(21)9-7-15/h3-9,11H,10,12H2,1-2H3,(H,23,24). The lowest BCUT2D eigenvalue weighted by molar-refractivity contribution is -0.113. The van der Waals surface area contributed by atoms with Gasteiger partial charge in [-0.3, -0.25) is 4.79 Å². The zero-order valence-electron chi connectivity index (χ0n) is 14.6. The third kappa shape index (κ3) is 4.71. The maximum absolute atomic E-state index is 13.0. The Balaban J connectivity index is 1.52. The summed E-state index contributed by atoms with van der Waals surface area (Å²) >= 11 is 3.05. The van der Waals surface area contributed by atoms with Gasteiger partial charge in [-0.2, -0.15) is 0 Å². The number of hydrogen-bond donors (Lipinski definition) is 1. The molecule has 0 unspecified atom stereocenters. The molecule has 0 radical (unpaired) electrons. The summed E-state index contributed by atoms with van der Waals surface area (Å²) in [5.74, 6) is 0.770. The zero-order chi connectivity index (χ0) is 18.5. The van der Waals surface area contributed by atoms with Crippen molar-refractivity contribution in [3.8, 4) is 10.6 Å². The van der Waals surface area contributed by atoms with Crippen LogP contribution in [0.5, 0.6) is 0 Å². The number of aryl methyl sites for hydroxylation is 2. The topological polar surface area (TPSA) is 42.0 Å². The molecule has 26 heavy (non-hydrogen) atoms. The molecule has 1 N–H and O–H groups in total. The summed E-state index contributed by atoms with van der Waals surface area (Å²) in [6.07, 6.45) is 0. The molecule has 0 saturated heterocycles. The van der Waals surface area contributed by atoms with Crippen LogP contribution >= 0.6 is 23.1 Å². The van der Waals surface area contributed by atoms with Crippen LogP contribution in [0.15, 0.2) is 47.8 Å². The van der Waals surface area contributed by atoms with Crippen molar-refractivity contribution in [2.24, 2.45) is 0 Å². The minimum Gasteiger partial charge on any atom is -0.325 e. The Bertz CT molecular complexity index is 886. The van der Waals surface area contributed by atoms with Crippen molar-refractivity contribution >= 4 is 34.7 Å². The first-order valence-corrected chi connectivity index (χ1v) is 10.2. The molecule has 0 spiro atoms. The van der Waals surface area contributed by atoms with E-state index in [1.807, 2.05) is 37.4 Å². The monoisotopic (exact) mass is 386 g/mol. The molecule has 3 rings (SSSR count). The predicted molar refractivity (Wildman–Crippen MR) is 108 cm³/mol. The molecule has 1 amide bonds. The summed E-state index contributed by atoms with van der Waals surface area (Å²) in [5.41, 5.74) is 4.85. The Kier molecular flexibility index (Phi) is 6.06. The highest BCUT2D eigenvalue weighted by Crippen LogP contribution is 2.26. The van der Waals surface area contributed by atoms with Crippen molar-refractivity contribution in [3.05, 3.63) is 70.5 Å². The number of hydrogen-bond acceptors (Lipinski definition) is 4. The molecule has 0 bridgehead atoms. The summed E-state index contributed by atoms with van der Waals surface area (Å²) in [7, 11) is 0. The molecule has 134 valence electrons. The molecule has 6 heteroatoms. The predicted octanol–water partition coefficient (Wildman–Crippen LogP) is 5.44. The van der Waals surface area contributed by atoms with E-state index in [1.165, 1.54) is 35.2 Å². The van der Waals surface area contributed by atoms with Crippen molar-refractivity contribution in [2.75, 3.05) is 11.1 Å². The van der Waals surface area contributed by atoms with E-state index in [9.17, 15) is 9.18 Å². The molecular weight excluding hydrogens is 367 g/mol. The molecule has 0 aliphatic rings. The van der Waals surface area contributed by atoms with E-state index in [1.54, 1.807) is 12.1 Å². The first-order chi connectivity index (χ1) is 12.5. The highest BCUT2D eigenvalue weighted by Gasteiger charge is 2.09. The van der Waals surface area contributed by atoms with E-state index >= 15 is 0 Å². The number of carbonyl (C=O) groups excluding carboxylic acids is 1. The van der Waals surface area contributed by atoms with Gasteiger partial charge in [0.15, 0.2) is 0 Å². The van der Waals surface area contributed by atoms with Crippen LogP contribution in [0.25, 0.3) is 10.6 Å². The van der Waals surface area contributed by atoms with Gasteiger partial charge in [0.2, 0.25) is 5.91 Å². The molecule has 3 nitrogen and oxygen atoms in total. The minimum absolute atomic E-state index is 0.0126. The average Bonchev–Trinajstić information content (AvgIpc) is 3.08. The normalized spacial score (nSPS) is 10.7. The highest BCUT2D eigenvalue weighted by atomic mass is 32.2. The number of nitrogens with zero attached hydrogens (tertiary/aromatic N) is 1. The Hall–Kier alpha value is -2.18. The van der Waals surface area contributed by atoms with Crippen LogP contribution in [0, 0.1) is 19.7 Å². The first kappa shape index (κ1) is 18.6. The van der Waals surface area contributed by atoms with Gasteiger partial charge in [-0.05, 0) is 49.2 Å². The third-order valence-corrected chi connectivity index (χ3v) is 5.78. The lowest BCUT2D eigenvalue weighted by Crippen LogP contribution is -2.15. The summed E-state index contributed by atoms with van der Waals surface area (Å²) in [5, 5.41) is 5.83. The van der Waals surface area contributed by atoms with E-state index in [0.29, 0.717) is 11.5 Å². The van der Waals surface area contributed by atoms with Gasteiger partial charge in [-0.25, -0.2) is 9.37 Å². The Labute approximate surface area is 160 Å². The van der Waals surface area contributed by atoms with E-state index in [4.69, 9.17) is 0 Å². The summed E-state index contributed by atoms with van der Waals surface area (Å²) in [4.78, 5) is 16.7. The van der Waals surface area contributed by atoms with Crippen molar-refractivity contribution in [1.82, 2.24) is 4.98 Å². The van der Waals surface area contributed by atoms with Gasteiger partial charge < -0.3 is 5.32 Å². The van der Waals surface area contributed by atoms with Crippen LogP contribution in [0.3, 0.4) is 0 Å². The summed E-state index contributed by atoms with van der Waals surface area (Å²) in [6.45, 7) is 3.98. The van der Waals surface area contributed by atoms with Crippen molar-refractivity contribution < 1.29 is 9.18 Å². The maximum Gasteiger partial charge on any atom is 0.234 e. The van der Waals surface area contributed by atoms with Crippen molar-refractivity contribution in [1.29, 1.82) is 0 Å². The quantitative estimate of drug-likeness (QED) is 0.613. The summed E-state index contributed by atoms with van der Waals surface area (Å²) in [6, 6.07) is 12.3. The third-order valence-electron chi connectivity index (χ3n) is 3.87. The SMILES string of the molecule is Cc1cccc(C)c1NC(=O)CSCc1csc(-c2ccc(F)cc2)n1. The van der Waals surface area contributed by atoms with Crippen LogP contribution in [0.4, 0.5) is 10.1 Å². The Morgan fingerprint density at radius 1 is 1.15 bits per heavy atom. The number of aromatic nitrogens is 1. The Morgan fingerprint density at radius 2 is 1.85 bits per heavy atom. The zero-order valence-corrected chi connectivity index (χ0v) is 16.2. The molecule has 2 aromatic carbocycles. The molecular formula is C20H19FN2OS2. The molecule has 0 saturated carbocycles. The number of para-hydroxylation sites is 1. The second-order valence-electron chi connectivity index (χ2n) is 5.96. The average molecular weight is 387 g/mol. The second-order valence-corrected chi connectivity index (χ2v) is 7.80. The lowest BCUT2D eigenvalue weighted by atomic mass is 10.1. The van der Waals surface area contributed by atoms with E-state index in [0.717, 1.165) is 33.1 Å². The van der Waals surface area contributed by atoms with E-state index in [-0.39, 0.29) is 11.7 Å². The summed E-state index contributed by atoms with van der Waals surface area (Å²) < 4.78 is 13.0. The number of halogens is 1. The number of rotatable bonds is 6. The number of nitrogens with one attached hydrogen (secondary N) is 1. The van der Waals surface area contributed by atoms with Gasteiger partial charge in [-0.1, -0.05) is 18.2 Å². The van der Waals surface area contributed by atoms with Crippen molar-refractivity contribution in [2.45, 2.75) is 19.6 Å². The molecule has 1 aromatic heterocycles. The van der Waals surface area contributed by atoms with Crippen molar-refractivity contribution in [3.63, 3.8) is 0 Å². The van der Waals surface area contributed by atoms with Gasteiger partial charge in [0.05, 0.1) is 11.4 Å². The fraction of sp³-hybridized carbons (Fsp3) is 0.200. The molecule has 1 heterocycles. The van der Waals surface area contributed by atoms with Crippen LogP contribution in [-0.4, -0.2) is 16.6 Å². The van der Waals surface area contributed by atoms with Gasteiger partial charge in [0, 0.05) is 22.4 Å². The van der Waals surface area contributed by atoms with Crippen LogP contribution in [0.2, 0.25) is 0 Å². The van der Waals surface area contributed by atoms with Gasteiger partial charge in [0.25, 0.3) is 0 Å². The van der Waals surface area contributed by atoms with Crippen LogP contribution in [0.1, 0.15) is 16.8 Å². The van der Waals surface area contributed by atoms with E-state index in [2.05, 4.69) is 10.3 Å². The molecule has 0 aliphatic heterocycles. The first-order valence-electron chi connectivity index (χ1n) is 8.17. The maximum atomic E-state index is 13.0. The Morgan fingerprint density at radius 3 is 2.54 bits per heavy atom. The van der Waals surface area contributed by atoms with Crippen LogP contribution < -0.4 is 5.32 Å². The number of thioether (sulfide) groups is 1. The molecule has 3 aromatic rings.